The third-order valence-electron chi connectivity index (χ3n) is 18.6. The van der Waals surface area contributed by atoms with Gasteiger partial charge in [-0.25, -0.2) is 9.13 Å². The van der Waals surface area contributed by atoms with Crippen LogP contribution in [0.3, 0.4) is 0 Å². The molecular weight excluding hydrogens is 1330 g/mol. The van der Waals surface area contributed by atoms with Gasteiger partial charge in [-0.2, -0.15) is 0 Å². The molecule has 600 valence electrons. The van der Waals surface area contributed by atoms with E-state index in [0.29, 0.717) is 25.7 Å². The van der Waals surface area contributed by atoms with Gasteiger partial charge in [0.1, 0.15) is 19.3 Å². The highest BCUT2D eigenvalue weighted by molar-refractivity contribution is 7.47. The van der Waals surface area contributed by atoms with Gasteiger partial charge in [0.2, 0.25) is 0 Å². The van der Waals surface area contributed by atoms with Gasteiger partial charge >= 0.3 is 39.5 Å². The van der Waals surface area contributed by atoms with Crippen LogP contribution >= 0.6 is 15.6 Å². The molecule has 0 aliphatic heterocycles. The average Bonchev–Trinajstić information content (AvgIpc) is 0.919. The molecule has 0 saturated heterocycles. The maximum Gasteiger partial charge on any atom is 0.472 e. The van der Waals surface area contributed by atoms with Crippen molar-refractivity contribution < 1.29 is 80.2 Å². The molecule has 3 N–H and O–H groups in total. The van der Waals surface area contributed by atoms with Gasteiger partial charge in [-0.1, -0.05) is 340 Å². The first kappa shape index (κ1) is 99.3. The number of carbonyl (C=O) groups excluding carboxylic acids is 4. The number of aliphatic hydroxyl groups is 1. The topological polar surface area (TPSA) is 237 Å². The molecule has 0 amide bonds. The number of ether oxygens (including phenoxy) is 4. The molecule has 102 heavy (non-hydrogen) atoms. The molecular formula is C83H156O17P2. The number of hydrogen-bond acceptors (Lipinski definition) is 15. The van der Waals surface area contributed by atoms with Gasteiger partial charge < -0.3 is 33.8 Å². The molecule has 2 unspecified atom stereocenters. The fourth-order valence-electron chi connectivity index (χ4n) is 12.1. The van der Waals surface area contributed by atoms with Crippen molar-refractivity contribution in [3.05, 3.63) is 36.5 Å². The number of carbonyl (C=O) groups is 4. The van der Waals surface area contributed by atoms with Crippen LogP contribution in [0.4, 0.5) is 0 Å². The van der Waals surface area contributed by atoms with Gasteiger partial charge in [0.05, 0.1) is 26.4 Å². The summed E-state index contributed by atoms with van der Waals surface area (Å²) in [5, 5.41) is 10.7. The molecule has 0 heterocycles. The molecule has 0 aromatic heterocycles. The fraction of sp³-hybridized carbons (Fsp3) is 0.880. The van der Waals surface area contributed by atoms with E-state index < -0.39 is 97.5 Å². The van der Waals surface area contributed by atoms with Crippen LogP contribution in [0.5, 0.6) is 0 Å². The Morgan fingerprint density at radius 3 is 0.755 bits per heavy atom. The summed E-state index contributed by atoms with van der Waals surface area (Å²) in [6.45, 7) is 4.94. The number of phosphoric acid groups is 2. The lowest BCUT2D eigenvalue weighted by Gasteiger charge is -2.21. The van der Waals surface area contributed by atoms with Crippen molar-refractivity contribution >= 4 is 39.5 Å². The summed E-state index contributed by atoms with van der Waals surface area (Å²) in [4.78, 5) is 73.1. The van der Waals surface area contributed by atoms with Crippen LogP contribution in [-0.4, -0.2) is 96.7 Å². The maximum atomic E-state index is 13.1. The molecule has 17 nitrogen and oxygen atoms in total. The van der Waals surface area contributed by atoms with E-state index in [9.17, 15) is 43.2 Å². The standard InChI is InChI=1S/C83H156O17P2/c1-5-9-13-17-21-25-29-33-37-38-42-44-48-52-56-60-64-68-81(86)94-74-79(100-83(88)70-66-62-58-54-50-46-41-36-32-28-24-20-16-12-8-4)76-98-102(91,92)96-72-77(84)71-95-101(89,90)97-75-78(99-82(87)69-65-61-57-53-49-45-40-35-31-27-23-19-15-11-7-3)73-93-80(85)67-63-59-55-51-47-43-39-34-30-26-22-18-14-10-6-2/h24,28,35-36,40-41,77-79,84H,5-23,25-27,29-34,37-39,42-76H2,1-4H3,(H,89,90)(H,91,92)/b28-24-,40-35-,41-36-/t77-,78+,79+/m0/s1. The van der Waals surface area contributed by atoms with Crippen molar-refractivity contribution in [1.82, 2.24) is 0 Å². The second kappa shape index (κ2) is 76.5. The molecule has 0 rings (SSSR count). The van der Waals surface area contributed by atoms with Gasteiger partial charge in [-0.05, 0) is 83.5 Å². The Balaban J connectivity index is 5.31. The van der Waals surface area contributed by atoms with E-state index in [2.05, 4.69) is 64.2 Å². The molecule has 0 aromatic rings. The molecule has 19 heteroatoms. The minimum atomic E-state index is -4.97. The summed E-state index contributed by atoms with van der Waals surface area (Å²) in [5.41, 5.74) is 0. The van der Waals surface area contributed by atoms with Crippen LogP contribution in [0.15, 0.2) is 36.5 Å². The second-order valence-corrected chi connectivity index (χ2v) is 31.7. The first-order valence-corrected chi connectivity index (χ1v) is 45.2. The molecule has 0 aliphatic rings. The zero-order chi connectivity index (χ0) is 74.6. The predicted molar refractivity (Wildman–Crippen MR) is 418 cm³/mol. The van der Waals surface area contributed by atoms with E-state index in [1.54, 1.807) is 0 Å². The molecule has 0 bridgehead atoms. The lowest BCUT2D eigenvalue weighted by molar-refractivity contribution is -0.161. The minimum Gasteiger partial charge on any atom is -0.462 e. The number of esters is 4. The molecule has 0 spiro atoms. The molecule has 0 aliphatic carbocycles. The van der Waals surface area contributed by atoms with Gasteiger partial charge in [0.25, 0.3) is 0 Å². The summed E-state index contributed by atoms with van der Waals surface area (Å²) >= 11 is 0. The highest BCUT2D eigenvalue weighted by Gasteiger charge is 2.30. The van der Waals surface area contributed by atoms with Crippen molar-refractivity contribution in [1.29, 1.82) is 0 Å². The molecule has 0 fully saturated rings. The Morgan fingerprint density at radius 1 is 0.275 bits per heavy atom. The van der Waals surface area contributed by atoms with Gasteiger partial charge in [0.15, 0.2) is 12.2 Å². The smallest absolute Gasteiger partial charge is 0.462 e. The minimum absolute atomic E-state index is 0.0864. The van der Waals surface area contributed by atoms with Crippen molar-refractivity contribution in [2.45, 2.75) is 431 Å². The van der Waals surface area contributed by atoms with Crippen LogP contribution in [0, 0.1) is 0 Å². The van der Waals surface area contributed by atoms with Crippen LogP contribution in [-0.2, 0) is 65.4 Å². The molecule has 0 saturated carbocycles. The van der Waals surface area contributed by atoms with Gasteiger partial charge in [0, 0.05) is 25.7 Å². The van der Waals surface area contributed by atoms with E-state index in [1.807, 2.05) is 0 Å². The quantitative estimate of drug-likeness (QED) is 0.0169. The largest absolute Gasteiger partial charge is 0.472 e. The summed E-state index contributed by atoms with van der Waals surface area (Å²) in [5.74, 6) is -2.15. The van der Waals surface area contributed by atoms with Crippen LogP contribution in [0.2, 0.25) is 0 Å². The first-order chi connectivity index (χ1) is 49.7. The Hall–Kier alpha value is -2.72. The van der Waals surface area contributed by atoms with Gasteiger partial charge in [-0.3, -0.25) is 37.3 Å². The number of allylic oxidation sites excluding steroid dienone is 6. The predicted octanol–water partition coefficient (Wildman–Crippen LogP) is 24.7. The number of phosphoric ester groups is 2. The highest BCUT2D eigenvalue weighted by atomic mass is 31.2. The van der Waals surface area contributed by atoms with E-state index >= 15 is 0 Å². The van der Waals surface area contributed by atoms with E-state index in [1.165, 1.54) is 212 Å². The Kier molecular flexibility index (Phi) is 74.4. The van der Waals surface area contributed by atoms with Crippen molar-refractivity contribution in [3.63, 3.8) is 0 Å². The first-order valence-electron chi connectivity index (χ1n) is 42.2. The number of hydrogen-bond donors (Lipinski definition) is 3. The summed E-state index contributed by atoms with van der Waals surface area (Å²) < 4.78 is 68.8. The summed E-state index contributed by atoms with van der Waals surface area (Å²) in [6.07, 6.45) is 73.9. The van der Waals surface area contributed by atoms with Crippen molar-refractivity contribution in [3.8, 4) is 0 Å². The fourth-order valence-corrected chi connectivity index (χ4v) is 13.7. The third kappa shape index (κ3) is 75.5. The second-order valence-electron chi connectivity index (χ2n) is 28.8. The lowest BCUT2D eigenvalue weighted by atomic mass is 10.0. The van der Waals surface area contributed by atoms with E-state index in [4.69, 9.17) is 37.0 Å². The Morgan fingerprint density at radius 2 is 0.480 bits per heavy atom. The van der Waals surface area contributed by atoms with Crippen molar-refractivity contribution in [2.75, 3.05) is 39.6 Å². The zero-order valence-electron chi connectivity index (χ0n) is 65.8. The monoisotopic (exact) mass is 1490 g/mol. The maximum absolute atomic E-state index is 13.1. The summed E-state index contributed by atoms with van der Waals surface area (Å²) in [7, 11) is -9.94. The van der Waals surface area contributed by atoms with Gasteiger partial charge in [-0.15, -0.1) is 0 Å². The lowest BCUT2D eigenvalue weighted by Crippen LogP contribution is -2.30. The molecule has 0 aromatic carbocycles. The summed E-state index contributed by atoms with van der Waals surface area (Å²) in [6, 6.07) is 0. The Bertz CT molecular complexity index is 2070. The third-order valence-corrected chi connectivity index (χ3v) is 20.5. The van der Waals surface area contributed by atoms with Crippen LogP contribution in [0.1, 0.15) is 413 Å². The van der Waals surface area contributed by atoms with Crippen LogP contribution in [0.25, 0.3) is 0 Å². The normalized spacial score (nSPS) is 14.0. The van der Waals surface area contributed by atoms with E-state index in [-0.39, 0.29) is 25.7 Å². The molecule has 0 radical (unpaired) electrons. The van der Waals surface area contributed by atoms with Crippen LogP contribution < -0.4 is 0 Å². The van der Waals surface area contributed by atoms with Crippen molar-refractivity contribution in [2.24, 2.45) is 0 Å². The zero-order valence-corrected chi connectivity index (χ0v) is 67.6. The number of unbranched alkanes of at least 4 members (excludes halogenated alkanes) is 49. The Labute approximate surface area is 624 Å². The highest BCUT2D eigenvalue weighted by Crippen LogP contribution is 2.45. The van der Waals surface area contributed by atoms with E-state index in [0.717, 1.165) is 122 Å². The SMILES string of the molecule is CCCCC/C=C\C/C=C\CCCCCCCC(=O)O[C@H](COC(=O)CCCCCCCCCCCCCCCCCCC)COP(=O)(O)OC[C@@H](O)COP(=O)(O)OC[C@@H](COC(=O)CCCCCCCCCCCCCCCCC)OC(=O)CCCCCCC/C=C\CCCCCCCC. The molecule has 5 atom stereocenters. The number of aliphatic hydroxyl groups excluding tert-OH is 1. The number of rotatable bonds is 81. The average molecular weight is 1490 g/mol.